The Bertz CT molecular complexity index is 172. The summed E-state index contributed by atoms with van der Waals surface area (Å²) in [5.41, 5.74) is 0. The van der Waals surface area contributed by atoms with Gasteiger partial charge in [0, 0.05) is 19.5 Å². The van der Waals surface area contributed by atoms with Gasteiger partial charge in [0.25, 0.3) is 0 Å². The Morgan fingerprint density at radius 3 is 0.615 bits per heavy atom. The van der Waals surface area contributed by atoms with Crippen molar-refractivity contribution in [2.24, 2.45) is 0 Å². The summed E-state index contributed by atoms with van der Waals surface area (Å²) in [4.78, 5) is 35.7. The van der Waals surface area contributed by atoms with Crippen LogP contribution in [0, 0.1) is 0 Å². The Balaban J connectivity index is -0.000000143. The van der Waals surface area contributed by atoms with Gasteiger partial charge in [0.15, 0.2) is 0 Å². The number of carboxylic acid groups (broad SMARTS) is 4. The Morgan fingerprint density at radius 2 is 0.615 bits per heavy atom. The zero-order valence-electron chi connectivity index (χ0n) is 5.97. The normalized spacial score (nSPS) is 6.77. The van der Waals surface area contributed by atoms with Gasteiger partial charge in [0.1, 0.15) is 0 Å². The van der Waals surface area contributed by atoms with Gasteiger partial charge in [-0.2, -0.15) is 0 Å². The molecule has 0 N–H and O–H groups in total. The average molecular weight is 241 g/mol. The van der Waals surface area contributed by atoms with Crippen LogP contribution in [0.4, 0.5) is 0 Å². The van der Waals surface area contributed by atoms with Crippen LogP contribution < -0.4 is 20.4 Å². The van der Waals surface area contributed by atoms with Crippen molar-refractivity contribution < 1.29 is 59.1 Å². The van der Waals surface area contributed by atoms with Crippen LogP contribution in [0.1, 0.15) is 0 Å². The summed E-state index contributed by atoms with van der Waals surface area (Å²) >= 11 is 0. The van der Waals surface area contributed by atoms with Gasteiger partial charge in [-0.25, -0.2) is 0 Å². The molecule has 0 unspecified atom stereocenters. The number of hydrogen-bond donors (Lipinski definition) is 0. The molecule has 0 heterocycles. The third-order valence-corrected chi connectivity index (χ3v) is 0.333. The summed E-state index contributed by atoms with van der Waals surface area (Å²) in [5.74, 6) is -8.74. The van der Waals surface area contributed by atoms with E-state index in [1.54, 1.807) is 0 Å². The number of carbonyl (C=O) groups excluding carboxylic acids is 4. The molecule has 0 aromatic heterocycles. The third-order valence-electron chi connectivity index (χ3n) is 0.333. The van der Waals surface area contributed by atoms with Gasteiger partial charge in [-0.15, -0.1) is 0 Å². The van der Waals surface area contributed by atoms with Crippen molar-refractivity contribution in [1.82, 2.24) is 0 Å². The molecular formula is C4O8Zn-4. The number of hydrogen-bond acceptors (Lipinski definition) is 8. The summed E-state index contributed by atoms with van der Waals surface area (Å²) in [5, 5.41) is 35.7. The van der Waals surface area contributed by atoms with E-state index in [-0.39, 0.29) is 19.5 Å². The molecule has 13 heavy (non-hydrogen) atoms. The number of aliphatic carboxylic acids is 4. The second-order valence-electron chi connectivity index (χ2n) is 1.15. The first-order valence-corrected chi connectivity index (χ1v) is 2.13. The molecule has 0 aliphatic rings. The molecule has 0 aliphatic carbocycles. The SMILES string of the molecule is O=C([O-])C(=O)[O-].O=C([O-])C(=O)[O-].[Zn]. The number of rotatable bonds is 0. The third kappa shape index (κ3) is 18.0. The predicted octanol–water partition coefficient (Wildman–Crippen LogP) is -7.03. The second-order valence-corrected chi connectivity index (χ2v) is 1.15. The zero-order valence-corrected chi connectivity index (χ0v) is 8.94. The molecule has 0 saturated carbocycles. The van der Waals surface area contributed by atoms with Crippen LogP contribution in [-0.4, -0.2) is 23.9 Å². The number of carboxylic acids is 4. The first-order chi connectivity index (χ1) is 5.29. The maximum absolute atomic E-state index is 8.93. The molecule has 70 valence electrons. The van der Waals surface area contributed by atoms with Gasteiger partial charge < -0.3 is 39.6 Å². The van der Waals surface area contributed by atoms with Crippen LogP contribution in [0.2, 0.25) is 0 Å². The summed E-state index contributed by atoms with van der Waals surface area (Å²) in [6.45, 7) is 0. The van der Waals surface area contributed by atoms with Crippen molar-refractivity contribution in [3.8, 4) is 0 Å². The minimum atomic E-state index is -2.19. The van der Waals surface area contributed by atoms with E-state index in [1.807, 2.05) is 0 Å². The fraction of sp³-hybridized carbons (Fsp3) is 0. The molecule has 8 nitrogen and oxygen atoms in total. The van der Waals surface area contributed by atoms with E-state index in [9.17, 15) is 0 Å². The average Bonchev–Trinajstić information content (AvgIpc) is 1.88. The molecule has 0 aromatic rings. The molecule has 0 aromatic carbocycles. The fourth-order valence-electron chi connectivity index (χ4n) is 0. The van der Waals surface area contributed by atoms with Gasteiger partial charge in [0.2, 0.25) is 0 Å². The first-order valence-electron chi connectivity index (χ1n) is 2.13. The Hall–Kier alpha value is -1.50. The van der Waals surface area contributed by atoms with Gasteiger partial charge in [-0.3, -0.25) is 0 Å². The molecule has 0 spiro atoms. The van der Waals surface area contributed by atoms with E-state index in [2.05, 4.69) is 0 Å². The van der Waals surface area contributed by atoms with Crippen LogP contribution in [-0.2, 0) is 38.7 Å². The zero-order chi connectivity index (χ0) is 10.3. The monoisotopic (exact) mass is 240 g/mol. The van der Waals surface area contributed by atoms with Gasteiger partial charge in [-0.1, -0.05) is 0 Å². The van der Waals surface area contributed by atoms with Crippen LogP contribution in [0.3, 0.4) is 0 Å². The molecule has 0 amide bonds. The molecule has 9 heteroatoms. The van der Waals surface area contributed by atoms with E-state index in [4.69, 9.17) is 39.6 Å². The summed E-state index contributed by atoms with van der Waals surface area (Å²) in [6.07, 6.45) is 0. The van der Waals surface area contributed by atoms with Crippen molar-refractivity contribution in [3.63, 3.8) is 0 Å². The first kappa shape index (κ1) is 17.6. The van der Waals surface area contributed by atoms with Crippen LogP contribution in [0.15, 0.2) is 0 Å². The van der Waals surface area contributed by atoms with Crippen LogP contribution >= 0.6 is 0 Å². The number of carbonyl (C=O) groups is 4. The van der Waals surface area contributed by atoms with E-state index < -0.39 is 23.9 Å². The van der Waals surface area contributed by atoms with Crippen LogP contribution in [0.25, 0.3) is 0 Å². The predicted molar refractivity (Wildman–Crippen MR) is 20.0 cm³/mol. The van der Waals surface area contributed by atoms with Crippen molar-refractivity contribution in [2.45, 2.75) is 0 Å². The largest absolute Gasteiger partial charge is 0.543 e. The fourth-order valence-corrected chi connectivity index (χ4v) is 0. The molecule has 0 bridgehead atoms. The Labute approximate surface area is 83.5 Å². The molecule has 0 atom stereocenters. The van der Waals surface area contributed by atoms with Gasteiger partial charge >= 0.3 is 0 Å². The van der Waals surface area contributed by atoms with E-state index >= 15 is 0 Å². The molecule has 0 fully saturated rings. The minimum absolute atomic E-state index is 0. The van der Waals surface area contributed by atoms with E-state index in [0.29, 0.717) is 0 Å². The van der Waals surface area contributed by atoms with Crippen molar-refractivity contribution in [2.75, 3.05) is 0 Å². The van der Waals surface area contributed by atoms with Crippen molar-refractivity contribution in [1.29, 1.82) is 0 Å². The van der Waals surface area contributed by atoms with Crippen molar-refractivity contribution >= 4 is 23.9 Å². The summed E-state index contributed by atoms with van der Waals surface area (Å²) in [6, 6.07) is 0. The maximum Gasteiger partial charge on any atom is 0.0870 e. The van der Waals surface area contributed by atoms with Gasteiger partial charge in [0.05, 0.1) is 23.9 Å². The smallest absolute Gasteiger partial charge is 0.0870 e. The van der Waals surface area contributed by atoms with E-state index in [0.717, 1.165) is 0 Å². The van der Waals surface area contributed by atoms with E-state index in [1.165, 1.54) is 0 Å². The topological polar surface area (TPSA) is 161 Å². The molecule has 0 rings (SSSR count). The minimum Gasteiger partial charge on any atom is -0.543 e. The summed E-state index contributed by atoms with van der Waals surface area (Å²) < 4.78 is 0. The molecule has 0 radical (unpaired) electrons. The second kappa shape index (κ2) is 8.60. The van der Waals surface area contributed by atoms with Crippen molar-refractivity contribution in [3.05, 3.63) is 0 Å². The molecular weight excluding hydrogens is 241 g/mol. The quantitative estimate of drug-likeness (QED) is 0.298. The van der Waals surface area contributed by atoms with Crippen LogP contribution in [0.5, 0.6) is 0 Å². The Kier molecular flexibility index (Phi) is 11.6. The maximum atomic E-state index is 8.93. The molecule has 0 aliphatic heterocycles. The Morgan fingerprint density at radius 1 is 0.538 bits per heavy atom. The molecule has 0 saturated heterocycles. The standard InChI is InChI=1S/2C2H2O4.Zn/c2*3-1(4)2(5)6;/h2*(H,3,4)(H,5,6);/p-4. The summed E-state index contributed by atoms with van der Waals surface area (Å²) in [7, 11) is 0. The van der Waals surface area contributed by atoms with Gasteiger partial charge in [-0.05, 0) is 0 Å².